The van der Waals surface area contributed by atoms with E-state index < -0.39 is 0 Å². The SMILES string of the molecule is CCNC(=O)Nc1cccc(CN(CC)c2cc(OCCCN3CCOCC3)ccc2CN)c1. The molecular weight excluding hydrogens is 430 g/mol. The van der Waals surface area contributed by atoms with Crippen LogP contribution in [0.25, 0.3) is 0 Å². The molecule has 0 radical (unpaired) electrons. The van der Waals surface area contributed by atoms with Crippen LogP contribution < -0.4 is 26.0 Å². The standard InChI is InChI=1S/C26H39N5O3/c1-3-28-26(32)29-23-8-5-7-21(17-23)20-31(4-2)25-18-24(10-9-22(25)19-27)34-14-6-11-30-12-15-33-16-13-30/h5,7-10,17-18H,3-4,6,11-16,19-20,27H2,1-2H3,(H2,28,29,32). The summed E-state index contributed by atoms with van der Waals surface area (Å²) < 4.78 is 11.5. The van der Waals surface area contributed by atoms with E-state index in [0.29, 0.717) is 26.2 Å². The third kappa shape index (κ3) is 7.90. The monoisotopic (exact) mass is 469 g/mol. The van der Waals surface area contributed by atoms with E-state index in [1.54, 1.807) is 0 Å². The second kappa shape index (κ2) is 13.8. The number of carbonyl (C=O) groups excluding carboxylic acids is 1. The number of nitrogens with zero attached hydrogens (tertiary/aromatic N) is 2. The highest BCUT2D eigenvalue weighted by Crippen LogP contribution is 2.28. The molecule has 2 aromatic carbocycles. The third-order valence-corrected chi connectivity index (χ3v) is 5.89. The van der Waals surface area contributed by atoms with Crippen molar-refractivity contribution in [1.29, 1.82) is 0 Å². The van der Waals surface area contributed by atoms with Gasteiger partial charge in [-0.15, -0.1) is 0 Å². The van der Waals surface area contributed by atoms with Gasteiger partial charge in [0.05, 0.1) is 19.8 Å². The van der Waals surface area contributed by atoms with Crippen LogP contribution in [-0.2, 0) is 17.8 Å². The molecule has 2 amide bonds. The Bertz CT molecular complexity index is 902. The van der Waals surface area contributed by atoms with E-state index in [1.165, 1.54) is 0 Å². The fourth-order valence-electron chi connectivity index (χ4n) is 4.07. The Hall–Kier alpha value is -2.81. The van der Waals surface area contributed by atoms with E-state index in [1.807, 2.05) is 31.2 Å². The highest BCUT2D eigenvalue weighted by Gasteiger charge is 2.13. The zero-order valence-corrected chi connectivity index (χ0v) is 20.5. The van der Waals surface area contributed by atoms with Crippen molar-refractivity contribution in [2.24, 2.45) is 5.73 Å². The number of amides is 2. The number of benzene rings is 2. The number of ether oxygens (including phenoxy) is 2. The molecule has 2 aromatic rings. The molecule has 8 heteroatoms. The maximum absolute atomic E-state index is 11.9. The molecule has 0 unspecified atom stereocenters. The number of nitrogens with two attached hydrogens (primary N) is 1. The zero-order valence-electron chi connectivity index (χ0n) is 20.5. The van der Waals surface area contributed by atoms with Gasteiger partial charge >= 0.3 is 6.03 Å². The Morgan fingerprint density at radius 1 is 1.18 bits per heavy atom. The van der Waals surface area contributed by atoms with Gasteiger partial charge in [0.1, 0.15) is 5.75 Å². The third-order valence-electron chi connectivity index (χ3n) is 5.89. The molecule has 0 aromatic heterocycles. The summed E-state index contributed by atoms with van der Waals surface area (Å²) in [5.41, 5.74) is 10.1. The number of hydrogen-bond donors (Lipinski definition) is 3. The van der Waals surface area contributed by atoms with Crippen molar-refractivity contribution in [2.75, 3.05) is 62.8 Å². The summed E-state index contributed by atoms with van der Waals surface area (Å²) >= 11 is 0. The summed E-state index contributed by atoms with van der Waals surface area (Å²) in [4.78, 5) is 16.6. The van der Waals surface area contributed by atoms with Crippen LogP contribution in [0.5, 0.6) is 5.75 Å². The van der Waals surface area contributed by atoms with Crippen molar-refractivity contribution in [1.82, 2.24) is 10.2 Å². The lowest BCUT2D eigenvalue weighted by atomic mass is 10.1. The first-order valence-corrected chi connectivity index (χ1v) is 12.3. The average molecular weight is 470 g/mol. The molecule has 0 atom stereocenters. The van der Waals surface area contributed by atoms with E-state index in [4.69, 9.17) is 15.2 Å². The van der Waals surface area contributed by atoms with E-state index in [2.05, 4.69) is 45.6 Å². The first-order chi connectivity index (χ1) is 16.6. The number of nitrogens with one attached hydrogen (secondary N) is 2. The normalized spacial score (nSPS) is 14.0. The Morgan fingerprint density at radius 2 is 2.00 bits per heavy atom. The summed E-state index contributed by atoms with van der Waals surface area (Å²) in [5, 5.41) is 5.63. The van der Waals surface area contributed by atoms with Crippen LogP contribution in [0.15, 0.2) is 42.5 Å². The quantitative estimate of drug-likeness (QED) is 0.413. The van der Waals surface area contributed by atoms with Crippen LogP contribution in [0.3, 0.4) is 0 Å². The molecule has 1 aliphatic rings. The van der Waals surface area contributed by atoms with Crippen LogP contribution in [0.1, 0.15) is 31.4 Å². The molecule has 0 bridgehead atoms. The molecule has 34 heavy (non-hydrogen) atoms. The Labute approximate surface area is 203 Å². The molecule has 0 saturated carbocycles. The van der Waals surface area contributed by atoms with Gasteiger partial charge in [-0.3, -0.25) is 4.90 Å². The highest BCUT2D eigenvalue weighted by molar-refractivity contribution is 5.89. The Kier molecular flexibility index (Phi) is 10.5. The van der Waals surface area contributed by atoms with Crippen molar-refractivity contribution in [3.63, 3.8) is 0 Å². The number of rotatable bonds is 12. The molecule has 4 N–H and O–H groups in total. The summed E-state index contributed by atoms with van der Waals surface area (Å²) in [6.45, 7) is 11.9. The molecule has 1 aliphatic heterocycles. The maximum atomic E-state index is 11.9. The van der Waals surface area contributed by atoms with Gasteiger partial charge in [-0.05, 0) is 49.6 Å². The van der Waals surface area contributed by atoms with Crippen LogP contribution in [-0.4, -0.2) is 63.5 Å². The minimum Gasteiger partial charge on any atom is -0.493 e. The number of anilines is 2. The molecule has 1 fully saturated rings. The zero-order chi connectivity index (χ0) is 24.2. The van der Waals surface area contributed by atoms with Gasteiger partial charge in [-0.2, -0.15) is 0 Å². The largest absolute Gasteiger partial charge is 0.493 e. The lowest BCUT2D eigenvalue weighted by molar-refractivity contribution is 0.0358. The number of carbonyl (C=O) groups is 1. The van der Waals surface area contributed by atoms with Crippen LogP contribution in [0, 0.1) is 0 Å². The van der Waals surface area contributed by atoms with Crippen molar-refractivity contribution < 1.29 is 14.3 Å². The predicted octanol–water partition coefficient (Wildman–Crippen LogP) is 3.41. The van der Waals surface area contributed by atoms with E-state index in [-0.39, 0.29) is 6.03 Å². The molecule has 1 heterocycles. The first-order valence-electron chi connectivity index (χ1n) is 12.3. The fraction of sp³-hybridized carbons (Fsp3) is 0.500. The van der Waals surface area contributed by atoms with Gasteiger partial charge in [-0.1, -0.05) is 18.2 Å². The summed E-state index contributed by atoms with van der Waals surface area (Å²) in [5.74, 6) is 0.860. The topological polar surface area (TPSA) is 92.1 Å². The Balaban J connectivity index is 1.63. The molecule has 1 saturated heterocycles. The average Bonchev–Trinajstić information content (AvgIpc) is 2.86. The lowest BCUT2D eigenvalue weighted by Gasteiger charge is -2.27. The number of hydrogen-bond acceptors (Lipinski definition) is 6. The minimum absolute atomic E-state index is 0.198. The molecule has 0 spiro atoms. The van der Waals surface area contributed by atoms with Crippen molar-refractivity contribution in [3.8, 4) is 5.75 Å². The summed E-state index contributed by atoms with van der Waals surface area (Å²) in [6.07, 6.45) is 0.983. The smallest absolute Gasteiger partial charge is 0.319 e. The summed E-state index contributed by atoms with van der Waals surface area (Å²) in [7, 11) is 0. The number of morpholine rings is 1. The van der Waals surface area contributed by atoms with Gasteiger partial charge in [0, 0.05) is 63.3 Å². The molecule has 0 aliphatic carbocycles. The molecule has 8 nitrogen and oxygen atoms in total. The van der Waals surface area contributed by atoms with E-state index >= 15 is 0 Å². The van der Waals surface area contributed by atoms with Crippen LogP contribution >= 0.6 is 0 Å². The lowest BCUT2D eigenvalue weighted by Crippen LogP contribution is -2.37. The van der Waals surface area contributed by atoms with Gasteiger partial charge < -0.3 is 30.7 Å². The first kappa shape index (κ1) is 25.8. The molecular formula is C26H39N5O3. The number of urea groups is 1. The molecule has 186 valence electrons. The van der Waals surface area contributed by atoms with Gasteiger partial charge in [-0.25, -0.2) is 4.79 Å². The van der Waals surface area contributed by atoms with Crippen LogP contribution in [0.4, 0.5) is 16.2 Å². The highest BCUT2D eigenvalue weighted by atomic mass is 16.5. The van der Waals surface area contributed by atoms with Gasteiger partial charge in [0.25, 0.3) is 0 Å². The van der Waals surface area contributed by atoms with Gasteiger partial charge in [0.15, 0.2) is 0 Å². The Morgan fingerprint density at radius 3 is 2.74 bits per heavy atom. The van der Waals surface area contributed by atoms with Gasteiger partial charge in [0.2, 0.25) is 0 Å². The van der Waals surface area contributed by atoms with Crippen LogP contribution in [0.2, 0.25) is 0 Å². The van der Waals surface area contributed by atoms with Crippen molar-refractivity contribution >= 4 is 17.4 Å². The fourth-order valence-corrected chi connectivity index (χ4v) is 4.07. The van der Waals surface area contributed by atoms with Crippen molar-refractivity contribution in [2.45, 2.75) is 33.4 Å². The second-order valence-electron chi connectivity index (χ2n) is 8.35. The second-order valence-corrected chi connectivity index (χ2v) is 8.35. The van der Waals surface area contributed by atoms with E-state index in [0.717, 1.165) is 74.1 Å². The molecule has 3 rings (SSSR count). The maximum Gasteiger partial charge on any atom is 0.319 e. The predicted molar refractivity (Wildman–Crippen MR) is 138 cm³/mol. The minimum atomic E-state index is -0.198. The van der Waals surface area contributed by atoms with Crippen molar-refractivity contribution in [3.05, 3.63) is 53.6 Å². The van der Waals surface area contributed by atoms with E-state index in [9.17, 15) is 4.79 Å². The summed E-state index contributed by atoms with van der Waals surface area (Å²) in [6, 6.07) is 13.9.